The van der Waals surface area contributed by atoms with Gasteiger partial charge in [-0.15, -0.1) is 0 Å². The first-order chi connectivity index (χ1) is 4.88. The summed E-state index contributed by atoms with van der Waals surface area (Å²) in [5.41, 5.74) is 2.32. The van der Waals surface area contributed by atoms with Gasteiger partial charge in [-0.25, -0.2) is 9.97 Å². The van der Waals surface area contributed by atoms with E-state index in [1.54, 1.807) is 6.33 Å². The van der Waals surface area contributed by atoms with Crippen molar-refractivity contribution in [3.05, 3.63) is 23.8 Å². The van der Waals surface area contributed by atoms with Gasteiger partial charge in [-0.2, -0.15) is 0 Å². The fourth-order valence-corrected chi connectivity index (χ4v) is 1.14. The highest BCUT2D eigenvalue weighted by molar-refractivity contribution is 5.21. The highest BCUT2D eigenvalue weighted by Crippen LogP contribution is 2.39. The van der Waals surface area contributed by atoms with Crippen LogP contribution >= 0.6 is 0 Å². The minimum absolute atomic E-state index is 0.722. The largest absolute Gasteiger partial charge is 0.241 e. The zero-order valence-corrected chi connectivity index (χ0v) is 5.96. The smallest absolute Gasteiger partial charge is 0.116 e. The van der Waals surface area contributed by atoms with E-state index in [4.69, 9.17) is 0 Å². The van der Waals surface area contributed by atoms with Crippen molar-refractivity contribution >= 4 is 0 Å². The van der Waals surface area contributed by atoms with Gasteiger partial charge in [-0.1, -0.05) is 0 Å². The van der Waals surface area contributed by atoms with Crippen LogP contribution in [0.4, 0.5) is 0 Å². The van der Waals surface area contributed by atoms with Crippen LogP contribution in [0, 0.1) is 13.1 Å². The van der Waals surface area contributed by atoms with Gasteiger partial charge in [0.1, 0.15) is 6.33 Å². The predicted octanol–water partition coefficient (Wildman–Crippen LogP) is 1.46. The lowest BCUT2D eigenvalue weighted by Gasteiger charge is -1.97. The highest BCUT2D eigenvalue weighted by atomic mass is 14.8. The molecule has 0 bridgehead atoms. The summed E-state index contributed by atoms with van der Waals surface area (Å²) in [5, 5.41) is 0. The Kier molecular flexibility index (Phi) is 1.19. The van der Waals surface area contributed by atoms with Crippen LogP contribution in [0.5, 0.6) is 0 Å². The van der Waals surface area contributed by atoms with Crippen molar-refractivity contribution in [1.29, 1.82) is 0 Å². The fraction of sp³-hybridized carbons (Fsp3) is 0.500. The van der Waals surface area contributed by atoms with Gasteiger partial charge in [0, 0.05) is 5.92 Å². The molecule has 1 saturated carbocycles. The first kappa shape index (κ1) is 5.83. The molecule has 51 valence electrons. The van der Waals surface area contributed by atoms with Crippen LogP contribution in [-0.4, -0.2) is 9.97 Å². The SMILES string of the molecule is Cc1[c]ncnc1C1CC1. The molecule has 0 aliphatic heterocycles. The molecule has 1 aliphatic rings. The third kappa shape index (κ3) is 0.897. The summed E-state index contributed by atoms with van der Waals surface area (Å²) in [6.07, 6.45) is 7.09. The normalized spacial score (nSPS) is 17.3. The number of nitrogens with zero attached hydrogens (tertiary/aromatic N) is 2. The molecule has 2 rings (SSSR count). The maximum absolute atomic E-state index is 4.20. The molecule has 0 aromatic carbocycles. The summed E-state index contributed by atoms with van der Waals surface area (Å²) in [7, 11) is 0. The zero-order chi connectivity index (χ0) is 6.97. The van der Waals surface area contributed by atoms with Gasteiger partial charge >= 0.3 is 0 Å². The molecule has 10 heavy (non-hydrogen) atoms. The van der Waals surface area contributed by atoms with Crippen LogP contribution in [0.3, 0.4) is 0 Å². The van der Waals surface area contributed by atoms with Crippen molar-refractivity contribution in [2.45, 2.75) is 25.7 Å². The Bertz CT molecular complexity index is 241. The van der Waals surface area contributed by atoms with Crippen LogP contribution < -0.4 is 0 Å². The molecule has 1 aliphatic carbocycles. The summed E-state index contributed by atoms with van der Waals surface area (Å²) in [5.74, 6) is 0.722. The molecule has 1 aromatic heterocycles. The average molecular weight is 133 g/mol. The zero-order valence-electron chi connectivity index (χ0n) is 5.96. The Morgan fingerprint density at radius 1 is 1.60 bits per heavy atom. The molecule has 0 atom stereocenters. The lowest BCUT2D eigenvalue weighted by Crippen LogP contribution is -1.91. The molecule has 2 nitrogen and oxygen atoms in total. The van der Waals surface area contributed by atoms with Gasteiger partial charge in [-0.3, -0.25) is 0 Å². The molecule has 0 N–H and O–H groups in total. The average Bonchev–Trinajstić information content (AvgIpc) is 2.71. The second kappa shape index (κ2) is 2.04. The van der Waals surface area contributed by atoms with Gasteiger partial charge in [-0.05, 0) is 25.3 Å². The first-order valence-corrected chi connectivity index (χ1v) is 3.57. The summed E-state index contributed by atoms with van der Waals surface area (Å²) >= 11 is 0. The molecule has 0 unspecified atom stereocenters. The quantitative estimate of drug-likeness (QED) is 0.579. The van der Waals surface area contributed by atoms with Crippen molar-refractivity contribution in [1.82, 2.24) is 9.97 Å². The molecule has 1 heterocycles. The van der Waals surface area contributed by atoms with E-state index in [0.717, 1.165) is 11.5 Å². The third-order valence-electron chi connectivity index (χ3n) is 1.84. The van der Waals surface area contributed by atoms with E-state index in [0.29, 0.717) is 0 Å². The first-order valence-electron chi connectivity index (χ1n) is 3.57. The maximum Gasteiger partial charge on any atom is 0.116 e. The Morgan fingerprint density at radius 2 is 2.40 bits per heavy atom. The molecule has 0 amide bonds. The summed E-state index contributed by atoms with van der Waals surface area (Å²) in [6, 6.07) is 0. The lowest BCUT2D eigenvalue weighted by atomic mass is 10.2. The van der Waals surface area contributed by atoms with E-state index in [2.05, 4.69) is 16.2 Å². The maximum atomic E-state index is 4.20. The van der Waals surface area contributed by atoms with Gasteiger partial charge in [0.15, 0.2) is 0 Å². The summed E-state index contributed by atoms with van der Waals surface area (Å²) in [4.78, 5) is 8.02. The van der Waals surface area contributed by atoms with E-state index < -0.39 is 0 Å². The fourth-order valence-electron chi connectivity index (χ4n) is 1.14. The highest BCUT2D eigenvalue weighted by Gasteiger charge is 2.26. The van der Waals surface area contributed by atoms with Crippen molar-refractivity contribution in [2.24, 2.45) is 0 Å². The molecule has 0 saturated heterocycles. The van der Waals surface area contributed by atoms with Crippen LogP contribution in [-0.2, 0) is 0 Å². The second-order valence-corrected chi connectivity index (χ2v) is 2.77. The molecular weight excluding hydrogens is 124 g/mol. The van der Waals surface area contributed by atoms with Gasteiger partial charge in [0.2, 0.25) is 0 Å². The van der Waals surface area contributed by atoms with Crippen LogP contribution in [0.25, 0.3) is 0 Å². The van der Waals surface area contributed by atoms with Gasteiger partial charge in [0.25, 0.3) is 0 Å². The van der Waals surface area contributed by atoms with E-state index in [-0.39, 0.29) is 0 Å². The van der Waals surface area contributed by atoms with Crippen LogP contribution in [0.1, 0.15) is 30.0 Å². The van der Waals surface area contributed by atoms with E-state index in [1.807, 2.05) is 6.92 Å². The van der Waals surface area contributed by atoms with Crippen molar-refractivity contribution in [2.75, 3.05) is 0 Å². The van der Waals surface area contributed by atoms with Crippen molar-refractivity contribution in [3.8, 4) is 0 Å². The Morgan fingerprint density at radius 3 is 3.00 bits per heavy atom. The van der Waals surface area contributed by atoms with E-state index in [1.165, 1.54) is 18.5 Å². The number of rotatable bonds is 1. The molecule has 2 heteroatoms. The van der Waals surface area contributed by atoms with E-state index >= 15 is 0 Å². The van der Waals surface area contributed by atoms with Crippen molar-refractivity contribution < 1.29 is 0 Å². The topological polar surface area (TPSA) is 25.8 Å². The third-order valence-corrected chi connectivity index (χ3v) is 1.84. The van der Waals surface area contributed by atoms with Crippen LogP contribution in [0.2, 0.25) is 0 Å². The van der Waals surface area contributed by atoms with E-state index in [9.17, 15) is 0 Å². The monoisotopic (exact) mass is 133 g/mol. The van der Waals surface area contributed by atoms with Gasteiger partial charge in [0.05, 0.1) is 11.9 Å². The Labute approximate surface area is 60.3 Å². The minimum atomic E-state index is 0.722. The summed E-state index contributed by atoms with van der Waals surface area (Å²) < 4.78 is 0. The molecule has 1 aromatic rings. The summed E-state index contributed by atoms with van der Waals surface area (Å²) in [6.45, 7) is 2.02. The van der Waals surface area contributed by atoms with Gasteiger partial charge < -0.3 is 0 Å². The number of aryl methyl sites for hydroxylation is 1. The Balaban J connectivity index is 2.39. The Hall–Kier alpha value is -0.920. The predicted molar refractivity (Wildman–Crippen MR) is 37.6 cm³/mol. The molecule has 0 spiro atoms. The molecule has 1 fully saturated rings. The standard InChI is InChI=1S/C8H9N2/c1-6-4-9-5-10-8(6)7-2-3-7/h5,7H,2-3H2,1H3. The molecule has 1 radical (unpaired) electrons. The number of aromatic nitrogens is 2. The lowest BCUT2D eigenvalue weighted by molar-refractivity contribution is 0.955. The van der Waals surface area contributed by atoms with Crippen LogP contribution in [0.15, 0.2) is 6.33 Å². The second-order valence-electron chi connectivity index (χ2n) is 2.77. The van der Waals surface area contributed by atoms with Crippen molar-refractivity contribution in [3.63, 3.8) is 0 Å². The minimum Gasteiger partial charge on any atom is -0.241 e. The number of hydrogen-bond donors (Lipinski definition) is 0. The molecular formula is C8H9N2. The number of hydrogen-bond acceptors (Lipinski definition) is 2.